The molecule has 0 aliphatic rings. The molecule has 17 heavy (non-hydrogen) atoms. The standard InChI is InChI=1S/C14H21ClO2/c1-2-3-8-17-9-7-14(16)11-12-5-4-6-13(15)10-12/h4-6,10,14,16H,2-3,7-9,11H2,1H3. The average molecular weight is 257 g/mol. The van der Waals surface area contributed by atoms with E-state index in [4.69, 9.17) is 16.3 Å². The van der Waals surface area contributed by atoms with E-state index in [0.717, 1.165) is 25.0 Å². The molecule has 0 aliphatic heterocycles. The zero-order valence-electron chi connectivity index (χ0n) is 10.4. The molecule has 2 nitrogen and oxygen atoms in total. The first kappa shape index (κ1) is 14.5. The highest BCUT2D eigenvalue weighted by molar-refractivity contribution is 6.30. The number of rotatable bonds is 8. The number of aliphatic hydroxyl groups is 1. The summed E-state index contributed by atoms with van der Waals surface area (Å²) in [6, 6.07) is 7.61. The summed E-state index contributed by atoms with van der Waals surface area (Å²) in [4.78, 5) is 0. The highest BCUT2D eigenvalue weighted by atomic mass is 35.5. The van der Waals surface area contributed by atoms with Crippen LogP contribution in [0, 0.1) is 0 Å². The maximum Gasteiger partial charge on any atom is 0.0602 e. The van der Waals surface area contributed by atoms with Crippen molar-refractivity contribution in [2.24, 2.45) is 0 Å². The van der Waals surface area contributed by atoms with Crippen molar-refractivity contribution in [3.63, 3.8) is 0 Å². The van der Waals surface area contributed by atoms with Gasteiger partial charge in [0.1, 0.15) is 0 Å². The monoisotopic (exact) mass is 256 g/mol. The molecule has 0 amide bonds. The molecule has 1 N–H and O–H groups in total. The molecular formula is C14H21ClO2. The molecule has 0 fully saturated rings. The number of benzene rings is 1. The molecular weight excluding hydrogens is 236 g/mol. The predicted molar refractivity (Wildman–Crippen MR) is 71.5 cm³/mol. The lowest BCUT2D eigenvalue weighted by Crippen LogP contribution is -2.14. The SMILES string of the molecule is CCCCOCCC(O)Cc1cccc(Cl)c1. The van der Waals surface area contributed by atoms with Crippen molar-refractivity contribution in [1.82, 2.24) is 0 Å². The molecule has 1 unspecified atom stereocenters. The zero-order valence-corrected chi connectivity index (χ0v) is 11.1. The maximum atomic E-state index is 9.83. The average Bonchev–Trinajstić information content (AvgIpc) is 2.29. The number of halogens is 1. The Morgan fingerprint density at radius 2 is 2.18 bits per heavy atom. The molecule has 0 aromatic heterocycles. The molecule has 0 radical (unpaired) electrons. The summed E-state index contributed by atoms with van der Waals surface area (Å²) in [7, 11) is 0. The van der Waals surface area contributed by atoms with E-state index in [1.165, 1.54) is 0 Å². The van der Waals surface area contributed by atoms with Crippen molar-refractivity contribution >= 4 is 11.6 Å². The van der Waals surface area contributed by atoms with E-state index >= 15 is 0 Å². The lowest BCUT2D eigenvalue weighted by Gasteiger charge is -2.11. The first-order chi connectivity index (χ1) is 8.22. The van der Waals surface area contributed by atoms with Crippen molar-refractivity contribution < 1.29 is 9.84 Å². The summed E-state index contributed by atoms with van der Waals surface area (Å²) < 4.78 is 5.42. The number of unbranched alkanes of at least 4 members (excludes halogenated alkanes) is 1. The van der Waals surface area contributed by atoms with Crippen molar-refractivity contribution in [2.75, 3.05) is 13.2 Å². The van der Waals surface area contributed by atoms with E-state index < -0.39 is 0 Å². The molecule has 0 spiro atoms. The Balaban J connectivity index is 2.18. The maximum absolute atomic E-state index is 9.83. The van der Waals surface area contributed by atoms with Gasteiger partial charge in [-0.1, -0.05) is 37.1 Å². The zero-order chi connectivity index (χ0) is 12.5. The molecule has 1 rings (SSSR count). The van der Waals surface area contributed by atoms with Crippen LogP contribution in [-0.4, -0.2) is 24.4 Å². The van der Waals surface area contributed by atoms with Crippen LogP contribution in [0.1, 0.15) is 31.7 Å². The van der Waals surface area contributed by atoms with Crippen LogP contribution >= 0.6 is 11.6 Å². The van der Waals surface area contributed by atoms with Crippen LogP contribution in [0.15, 0.2) is 24.3 Å². The third kappa shape index (κ3) is 6.67. The Bertz CT molecular complexity index is 315. The van der Waals surface area contributed by atoms with Gasteiger partial charge in [0.25, 0.3) is 0 Å². The van der Waals surface area contributed by atoms with Crippen LogP contribution in [0.4, 0.5) is 0 Å². The second-order valence-electron chi connectivity index (χ2n) is 4.24. The van der Waals surface area contributed by atoms with E-state index in [-0.39, 0.29) is 6.10 Å². The quantitative estimate of drug-likeness (QED) is 0.722. The summed E-state index contributed by atoms with van der Waals surface area (Å²) in [5, 5.41) is 10.5. The highest BCUT2D eigenvalue weighted by Gasteiger charge is 2.05. The van der Waals surface area contributed by atoms with Gasteiger partial charge in [0.15, 0.2) is 0 Å². The van der Waals surface area contributed by atoms with Crippen LogP contribution in [-0.2, 0) is 11.2 Å². The Labute approximate surface area is 109 Å². The van der Waals surface area contributed by atoms with Gasteiger partial charge in [-0.2, -0.15) is 0 Å². The Kier molecular flexibility index (Phi) is 7.25. The molecule has 1 atom stereocenters. The van der Waals surface area contributed by atoms with Crippen molar-refractivity contribution in [1.29, 1.82) is 0 Å². The van der Waals surface area contributed by atoms with Gasteiger partial charge in [0.05, 0.1) is 6.10 Å². The summed E-state index contributed by atoms with van der Waals surface area (Å²) >= 11 is 5.88. The smallest absolute Gasteiger partial charge is 0.0602 e. The third-order valence-electron chi connectivity index (χ3n) is 2.60. The topological polar surface area (TPSA) is 29.5 Å². The minimum Gasteiger partial charge on any atom is -0.393 e. The van der Waals surface area contributed by atoms with Gasteiger partial charge in [-0.05, 0) is 37.0 Å². The number of hydrogen-bond donors (Lipinski definition) is 1. The fraction of sp³-hybridized carbons (Fsp3) is 0.571. The van der Waals surface area contributed by atoms with Gasteiger partial charge in [0.2, 0.25) is 0 Å². The van der Waals surface area contributed by atoms with Crippen molar-refractivity contribution in [3.05, 3.63) is 34.9 Å². The minimum absolute atomic E-state index is 0.352. The fourth-order valence-electron chi connectivity index (χ4n) is 1.61. The molecule has 3 heteroatoms. The van der Waals surface area contributed by atoms with E-state index in [9.17, 15) is 5.11 Å². The summed E-state index contributed by atoms with van der Waals surface area (Å²) in [6.45, 7) is 3.56. The van der Waals surface area contributed by atoms with Gasteiger partial charge in [0, 0.05) is 18.2 Å². The lowest BCUT2D eigenvalue weighted by atomic mass is 10.1. The first-order valence-electron chi connectivity index (χ1n) is 6.22. The van der Waals surface area contributed by atoms with Crippen molar-refractivity contribution in [2.45, 2.75) is 38.7 Å². The highest BCUT2D eigenvalue weighted by Crippen LogP contribution is 2.13. The predicted octanol–water partition coefficient (Wildman–Crippen LogP) is 3.45. The van der Waals surface area contributed by atoms with E-state index in [1.807, 2.05) is 24.3 Å². The number of ether oxygens (including phenoxy) is 1. The largest absolute Gasteiger partial charge is 0.393 e. The Morgan fingerprint density at radius 1 is 1.35 bits per heavy atom. The Hall–Kier alpha value is -0.570. The van der Waals surface area contributed by atoms with Crippen LogP contribution < -0.4 is 0 Å². The summed E-state index contributed by atoms with van der Waals surface area (Å²) in [5.41, 5.74) is 1.07. The van der Waals surface area contributed by atoms with E-state index in [2.05, 4.69) is 6.92 Å². The normalized spacial score (nSPS) is 12.6. The number of aliphatic hydroxyl groups excluding tert-OH is 1. The molecule has 0 heterocycles. The van der Waals surface area contributed by atoms with Gasteiger partial charge in [-0.25, -0.2) is 0 Å². The molecule has 0 bridgehead atoms. The van der Waals surface area contributed by atoms with E-state index in [1.54, 1.807) is 0 Å². The van der Waals surface area contributed by atoms with Crippen LogP contribution in [0.5, 0.6) is 0 Å². The first-order valence-corrected chi connectivity index (χ1v) is 6.60. The van der Waals surface area contributed by atoms with Crippen LogP contribution in [0.25, 0.3) is 0 Å². The molecule has 0 aliphatic carbocycles. The molecule has 96 valence electrons. The second kappa shape index (κ2) is 8.51. The van der Waals surface area contributed by atoms with Crippen molar-refractivity contribution in [3.8, 4) is 0 Å². The minimum atomic E-state index is -0.352. The van der Waals surface area contributed by atoms with E-state index in [0.29, 0.717) is 24.5 Å². The van der Waals surface area contributed by atoms with Crippen LogP contribution in [0.3, 0.4) is 0 Å². The molecule has 1 aromatic carbocycles. The summed E-state index contributed by atoms with van der Waals surface area (Å²) in [5.74, 6) is 0. The third-order valence-corrected chi connectivity index (χ3v) is 2.83. The summed E-state index contributed by atoms with van der Waals surface area (Å²) in [6.07, 6.45) is 3.19. The number of hydrogen-bond acceptors (Lipinski definition) is 2. The van der Waals surface area contributed by atoms with Gasteiger partial charge >= 0.3 is 0 Å². The Morgan fingerprint density at radius 3 is 2.88 bits per heavy atom. The van der Waals surface area contributed by atoms with Gasteiger partial charge in [-0.15, -0.1) is 0 Å². The molecule has 1 aromatic rings. The fourth-order valence-corrected chi connectivity index (χ4v) is 1.82. The lowest BCUT2D eigenvalue weighted by molar-refractivity contribution is 0.0807. The molecule has 0 saturated carbocycles. The van der Waals surface area contributed by atoms with Gasteiger partial charge in [-0.3, -0.25) is 0 Å². The van der Waals surface area contributed by atoms with Crippen LogP contribution in [0.2, 0.25) is 5.02 Å². The second-order valence-corrected chi connectivity index (χ2v) is 4.68. The van der Waals surface area contributed by atoms with Gasteiger partial charge < -0.3 is 9.84 Å². The molecule has 0 saturated heterocycles.